The predicted octanol–water partition coefficient (Wildman–Crippen LogP) is 4.11. The number of ether oxygens (including phenoxy) is 1. The summed E-state index contributed by atoms with van der Waals surface area (Å²) in [5.41, 5.74) is 3.60. The molecule has 3 rings (SSSR count). The first-order chi connectivity index (χ1) is 9.02. The number of aliphatic imine (C=N–C) groups is 1. The van der Waals surface area contributed by atoms with Crippen molar-refractivity contribution in [3.8, 4) is 0 Å². The summed E-state index contributed by atoms with van der Waals surface area (Å²) >= 11 is 0. The highest BCUT2D eigenvalue weighted by molar-refractivity contribution is 6.02. The fourth-order valence-corrected chi connectivity index (χ4v) is 3.28. The first-order valence-electron chi connectivity index (χ1n) is 7.32. The molecule has 0 saturated carbocycles. The van der Waals surface area contributed by atoms with Gasteiger partial charge in [0.25, 0.3) is 0 Å². The van der Waals surface area contributed by atoms with Crippen molar-refractivity contribution in [3.63, 3.8) is 0 Å². The number of hydrogen-bond donors (Lipinski definition) is 0. The lowest BCUT2D eigenvalue weighted by atomic mass is 9.76. The summed E-state index contributed by atoms with van der Waals surface area (Å²) in [6, 6.07) is 8.70. The predicted molar refractivity (Wildman–Crippen MR) is 78.6 cm³/mol. The first kappa shape index (κ1) is 12.9. The maximum Gasteiger partial charge on any atom is 0.164 e. The summed E-state index contributed by atoms with van der Waals surface area (Å²) in [6.45, 7) is 7.57. The Balaban J connectivity index is 1.96. The van der Waals surface area contributed by atoms with Crippen LogP contribution >= 0.6 is 0 Å². The van der Waals surface area contributed by atoms with E-state index in [2.05, 4.69) is 45.0 Å². The van der Waals surface area contributed by atoms with Gasteiger partial charge in [-0.2, -0.15) is 0 Å². The van der Waals surface area contributed by atoms with E-state index in [4.69, 9.17) is 9.73 Å². The standard InChI is InChI=1S/C17H23NO/c1-13-6-8-14(9-7-13)15-12-16(2,3)17(18-15)10-4-5-11-19-17/h6-9H,4-5,10-12H2,1-3H3. The van der Waals surface area contributed by atoms with Crippen LogP contribution in [-0.4, -0.2) is 18.0 Å². The molecule has 19 heavy (non-hydrogen) atoms. The summed E-state index contributed by atoms with van der Waals surface area (Å²) in [4.78, 5) is 5.03. The Labute approximate surface area is 115 Å². The zero-order valence-corrected chi connectivity index (χ0v) is 12.2. The van der Waals surface area contributed by atoms with Crippen molar-refractivity contribution < 1.29 is 4.74 Å². The molecular formula is C17H23NO. The van der Waals surface area contributed by atoms with E-state index in [9.17, 15) is 0 Å². The van der Waals surface area contributed by atoms with Gasteiger partial charge in [-0.1, -0.05) is 43.7 Å². The Morgan fingerprint density at radius 2 is 1.84 bits per heavy atom. The molecule has 2 heterocycles. The van der Waals surface area contributed by atoms with Gasteiger partial charge in [0.15, 0.2) is 5.72 Å². The lowest BCUT2D eigenvalue weighted by Crippen LogP contribution is -2.44. The molecule has 1 aromatic rings. The number of rotatable bonds is 1. The van der Waals surface area contributed by atoms with Gasteiger partial charge >= 0.3 is 0 Å². The van der Waals surface area contributed by atoms with E-state index >= 15 is 0 Å². The Bertz CT molecular complexity index is 492. The molecule has 1 saturated heterocycles. The SMILES string of the molecule is Cc1ccc(C2=NC3(CCCCO3)C(C)(C)C2)cc1. The minimum atomic E-state index is -0.272. The molecule has 0 radical (unpaired) electrons. The molecule has 2 heteroatoms. The van der Waals surface area contributed by atoms with Gasteiger partial charge in [0, 0.05) is 17.7 Å². The van der Waals surface area contributed by atoms with Gasteiger partial charge in [-0.25, -0.2) is 0 Å². The number of hydrogen-bond acceptors (Lipinski definition) is 2. The molecule has 1 aromatic carbocycles. The van der Waals surface area contributed by atoms with Crippen LogP contribution in [0.1, 0.15) is 50.7 Å². The van der Waals surface area contributed by atoms with Crippen LogP contribution in [0.15, 0.2) is 29.3 Å². The highest BCUT2D eigenvalue weighted by Gasteiger charge is 2.51. The van der Waals surface area contributed by atoms with Gasteiger partial charge in [-0.3, -0.25) is 4.99 Å². The van der Waals surface area contributed by atoms with Gasteiger partial charge in [0.05, 0.1) is 0 Å². The van der Waals surface area contributed by atoms with Crippen molar-refractivity contribution in [3.05, 3.63) is 35.4 Å². The largest absolute Gasteiger partial charge is 0.353 e. The Kier molecular flexibility index (Phi) is 3.01. The maximum absolute atomic E-state index is 6.13. The molecule has 102 valence electrons. The van der Waals surface area contributed by atoms with Crippen LogP contribution < -0.4 is 0 Å². The zero-order chi connectivity index (χ0) is 13.5. The van der Waals surface area contributed by atoms with E-state index in [0.717, 1.165) is 19.4 Å². The Hall–Kier alpha value is -1.15. The molecule has 1 fully saturated rings. The fraction of sp³-hybridized carbons (Fsp3) is 0.588. The molecule has 0 N–H and O–H groups in total. The third-order valence-electron chi connectivity index (χ3n) is 4.62. The molecule has 2 aliphatic rings. The van der Waals surface area contributed by atoms with E-state index < -0.39 is 0 Å². The van der Waals surface area contributed by atoms with Gasteiger partial charge < -0.3 is 4.74 Å². The van der Waals surface area contributed by atoms with E-state index in [1.165, 1.54) is 29.7 Å². The van der Waals surface area contributed by atoms with Crippen molar-refractivity contribution >= 4 is 5.71 Å². The van der Waals surface area contributed by atoms with E-state index in [0.29, 0.717) is 0 Å². The summed E-state index contributed by atoms with van der Waals surface area (Å²) in [6.07, 6.45) is 4.48. The summed E-state index contributed by atoms with van der Waals surface area (Å²) in [5.74, 6) is 0. The smallest absolute Gasteiger partial charge is 0.164 e. The van der Waals surface area contributed by atoms with Crippen molar-refractivity contribution in [2.45, 2.75) is 52.2 Å². The molecule has 1 unspecified atom stereocenters. The van der Waals surface area contributed by atoms with E-state index in [1.807, 2.05) is 0 Å². The minimum absolute atomic E-state index is 0.105. The lowest BCUT2D eigenvalue weighted by molar-refractivity contribution is -0.133. The number of aryl methyl sites for hydroxylation is 1. The molecule has 1 atom stereocenters. The molecule has 0 aliphatic carbocycles. The van der Waals surface area contributed by atoms with Gasteiger partial charge in [-0.05, 0) is 38.2 Å². The maximum atomic E-state index is 6.13. The second kappa shape index (κ2) is 4.45. The van der Waals surface area contributed by atoms with E-state index in [-0.39, 0.29) is 11.1 Å². The second-order valence-electron chi connectivity index (χ2n) is 6.58. The zero-order valence-electron chi connectivity index (χ0n) is 12.2. The van der Waals surface area contributed by atoms with Crippen LogP contribution in [0.2, 0.25) is 0 Å². The quantitative estimate of drug-likeness (QED) is 0.742. The van der Waals surface area contributed by atoms with Gasteiger partial charge in [0.1, 0.15) is 0 Å². The number of nitrogens with zero attached hydrogens (tertiary/aromatic N) is 1. The molecule has 0 bridgehead atoms. The lowest BCUT2D eigenvalue weighted by Gasteiger charge is -2.41. The first-order valence-corrected chi connectivity index (χ1v) is 7.32. The van der Waals surface area contributed by atoms with Crippen molar-refractivity contribution in [1.29, 1.82) is 0 Å². The summed E-state index contributed by atoms with van der Waals surface area (Å²) in [7, 11) is 0. The van der Waals surface area contributed by atoms with Crippen molar-refractivity contribution in [1.82, 2.24) is 0 Å². The monoisotopic (exact) mass is 257 g/mol. The molecule has 1 spiro atoms. The Morgan fingerprint density at radius 3 is 2.47 bits per heavy atom. The second-order valence-corrected chi connectivity index (χ2v) is 6.58. The third kappa shape index (κ3) is 2.12. The number of benzene rings is 1. The average Bonchev–Trinajstić information content (AvgIpc) is 2.63. The fourth-order valence-electron chi connectivity index (χ4n) is 3.28. The highest BCUT2D eigenvalue weighted by atomic mass is 16.5. The average molecular weight is 257 g/mol. The van der Waals surface area contributed by atoms with Crippen LogP contribution in [0, 0.1) is 12.3 Å². The van der Waals surface area contributed by atoms with Crippen LogP contribution in [0.25, 0.3) is 0 Å². The minimum Gasteiger partial charge on any atom is -0.353 e. The Morgan fingerprint density at radius 1 is 1.11 bits per heavy atom. The highest BCUT2D eigenvalue weighted by Crippen LogP contribution is 2.49. The van der Waals surface area contributed by atoms with Crippen LogP contribution in [-0.2, 0) is 4.74 Å². The topological polar surface area (TPSA) is 21.6 Å². The molecular weight excluding hydrogens is 234 g/mol. The summed E-state index contributed by atoms with van der Waals surface area (Å²) < 4.78 is 6.13. The third-order valence-corrected chi connectivity index (χ3v) is 4.62. The normalized spacial score (nSPS) is 29.5. The van der Waals surface area contributed by atoms with Gasteiger partial charge in [-0.15, -0.1) is 0 Å². The summed E-state index contributed by atoms with van der Waals surface area (Å²) in [5, 5.41) is 0. The molecule has 2 aliphatic heterocycles. The molecule has 2 nitrogen and oxygen atoms in total. The van der Waals surface area contributed by atoms with Crippen molar-refractivity contribution in [2.24, 2.45) is 10.4 Å². The van der Waals surface area contributed by atoms with Crippen LogP contribution in [0.4, 0.5) is 0 Å². The van der Waals surface area contributed by atoms with Crippen LogP contribution in [0.5, 0.6) is 0 Å². The molecule has 0 aromatic heterocycles. The van der Waals surface area contributed by atoms with Crippen molar-refractivity contribution in [2.75, 3.05) is 6.61 Å². The molecule has 0 amide bonds. The van der Waals surface area contributed by atoms with Gasteiger partial charge in [0.2, 0.25) is 0 Å². The van der Waals surface area contributed by atoms with E-state index in [1.54, 1.807) is 0 Å². The van der Waals surface area contributed by atoms with Crippen LogP contribution in [0.3, 0.4) is 0 Å².